The van der Waals surface area contributed by atoms with Crippen LogP contribution < -0.4 is 14.2 Å². The van der Waals surface area contributed by atoms with Gasteiger partial charge in [0.25, 0.3) is 0 Å². The highest BCUT2D eigenvalue weighted by Crippen LogP contribution is 2.44. The van der Waals surface area contributed by atoms with Gasteiger partial charge in [0.2, 0.25) is 12.5 Å². The van der Waals surface area contributed by atoms with Crippen molar-refractivity contribution >= 4 is 10.9 Å². The number of ether oxygens (including phenoxy) is 3. The van der Waals surface area contributed by atoms with Crippen LogP contribution in [-0.4, -0.2) is 18.9 Å². The van der Waals surface area contributed by atoms with Gasteiger partial charge in [-0.3, -0.25) is 0 Å². The monoisotopic (exact) mass is 307 g/mol. The fraction of sp³-hybridized carbons (Fsp3) is 0.211. The Bertz CT molecular complexity index is 918. The fourth-order valence-electron chi connectivity index (χ4n) is 2.93. The lowest BCUT2D eigenvalue weighted by atomic mass is 10.0. The molecule has 2 heterocycles. The molecule has 0 saturated heterocycles. The predicted octanol–water partition coefficient (Wildman–Crippen LogP) is 4.26. The van der Waals surface area contributed by atoms with E-state index in [0.717, 1.165) is 16.8 Å². The number of aromatic nitrogens is 1. The lowest BCUT2D eigenvalue weighted by molar-refractivity contribution is 0.171. The fourth-order valence-corrected chi connectivity index (χ4v) is 2.93. The minimum Gasteiger partial charge on any atom is -0.493 e. The van der Waals surface area contributed by atoms with Crippen molar-refractivity contribution in [2.24, 2.45) is 0 Å². The van der Waals surface area contributed by atoms with Crippen molar-refractivity contribution in [1.29, 1.82) is 0 Å². The van der Waals surface area contributed by atoms with Crippen LogP contribution in [0.5, 0.6) is 17.2 Å². The van der Waals surface area contributed by atoms with Crippen LogP contribution in [0.1, 0.15) is 11.1 Å². The number of pyridine rings is 1. The molecule has 0 amide bonds. The van der Waals surface area contributed by atoms with E-state index >= 15 is 0 Å². The predicted molar refractivity (Wildman–Crippen MR) is 89.3 cm³/mol. The Hall–Kier alpha value is -2.75. The molecule has 0 bridgehead atoms. The molecule has 1 aromatic heterocycles. The third-order valence-electron chi connectivity index (χ3n) is 4.13. The smallest absolute Gasteiger partial charge is 0.231 e. The van der Waals surface area contributed by atoms with E-state index < -0.39 is 0 Å². The van der Waals surface area contributed by atoms with E-state index in [2.05, 4.69) is 38.1 Å². The molecule has 4 heteroatoms. The second-order valence-corrected chi connectivity index (χ2v) is 5.76. The van der Waals surface area contributed by atoms with Crippen LogP contribution in [0.15, 0.2) is 36.4 Å². The summed E-state index contributed by atoms with van der Waals surface area (Å²) in [5.74, 6) is 2.02. The Morgan fingerprint density at radius 2 is 1.91 bits per heavy atom. The second-order valence-electron chi connectivity index (χ2n) is 5.76. The zero-order valence-corrected chi connectivity index (χ0v) is 13.3. The molecule has 0 radical (unpaired) electrons. The van der Waals surface area contributed by atoms with Gasteiger partial charge in [-0.15, -0.1) is 0 Å². The van der Waals surface area contributed by atoms with Crippen molar-refractivity contribution in [3.63, 3.8) is 0 Å². The first kappa shape index (κ1) is 13.9. The number of hydrogen-bond acceptors (Lipinski definition) is 4. The maximum atomic E-state index is 5.51. The minimum atomic E-state index is 0.221. The molecule has 116 valence electrons. The summed E-state index contributed by atoms with van der Waals surface area (Å²) in [7, 11) is 1.63. The van der Waals surface area contributed by atoms with Gasteiger partial charge in [0.15, 0.2) is 11.5 Å². The molecule has 0 unspecified atom stereocenters. The average Bonchev–Trinajstić information content (AvgIpc) is 3.03. The van der Waals surface area contributed by atoms with Crippen LogP contribution in [-0.2, 0) is 0 Å². The number of methoxy groups -OCH3 is 1. The first-order valence-corrected chi connectivity index (χ1v) is 7.52. The molecule has 23 heavy (non-hydrogen) atoms. The van der Waals surface area contributed by atoms with E-state index in [1.165, 1.54) is 16.5 Å². The van der Waals surface area contributed by atoms with Crippen LogP contribution in [0.2, 0.25) is 0 Å². The number of benzene rings is 2. The van der Waals surface area contributed by atoms with Crippen molar-refractivity contribution in [2.75, 3.05) is 13.9 Å². The van der Waals surface area contributed by atoms with E-state index in [1.807, 2.05) is 12.1 Å². The summed E-state index contributed by atoms with van der Waals surface area (Å²) in [5, 5.41) is 1.18. The van der Waals surface area contributed by atoms with Gasteiger partial charge in [0.05, 0.1) is 18.3 Å². The average molecular weight is 307 g/mol. The summed E-state index contributed by atoms with van der Waals surface area (Å²) in [6.45, 7) is 4.42. The standard InChI is InChI=1S/C19H17NO3/c1-11-4-5-15-14(6-11)12(2)7-16(20-15)13-8-17(21-3)19-18(9-13)22-10-23-19/h4-9H,10H2,1-3H3. The molecule has 0 saturated carbocycles. The third-order valence-corrected chi connectivity index (χ3v) is 4.13. The number of aryl methyl sites for hydroxylation is 2. The van der Waals surface area contributed by atoms with E-state index in [-0.39, 0.29) is 6.79 Å². The quantitative estimate of drug-likeness (QED) is 0.709. The summed E-state index contributed by atoms with van der Waals surface area (Å²) in [4.78, 5) is 4.80. The lowest BCUT2D eigenvalue weighted by Crippen LogP contribution is -1.93. The Labute approximate surface area is 134 Å². The van der Waals surface area contributed by atoms with Crippen molar-refractivity contribution in [3.05, 3.63) is 47.5 Å². The molecule has 2 aromatic carbocycles. The third kappa shape index (κ3) is 2.27. The van der Waals surface area contributed by atoms with Crippen molar-refractivity contribution in [2.45, 2.75) is 13.8 Å². The van der Waals surface area contributed by atoms with E-state index in [9.17, 15) is 0 Å². The Morgan fingerprint density at radius 1 is 1.04 bits per heavy atom. The molecule has 0 aliphatic carbocycles. The number of nitrogens with zero attached hydrogens (tertiary/aromatic N) is 1. The summed E-state index contributed by atoms with van der Waals surface area (Å²) < 4.78 is 16.4. The minimum absolute atomic E-state index is 0.221. The molecule has 0 atom stereocenters. The Balaban J connectivity index is 1.91. The van der Waals surface area contributed by atoms with Gasteiger partial charge in [-0.1, -0.05) is 11.6 Å². The molecule has 4 rings (SSSR count). The van der Waals surface area contributed by atoms with Gasteiger partial charge in [0.1, 0.15) is 0 Å². The molecule has 0 fully saturated rings. The largest absolute Gasteiger partial charge is 0.493 e. The molecule has 3 aromatic rings. The maximum Gasteiger partial charge on any atom is 0.231 e. The first-order valence-electron chi connectivity index (χ1n) is 7.52. The van der Waals surface area contributed by atoms with Crippen LogP contribution in [0, 0.1) is 13.8 Å². The molecule has 1 aliphatic rings. The Kier molecular flexibility index (Phi) is 3.11. The van der Waals surface area contributed by atoms with Crippen LogP contribution >= 0.6 is 0 Å². The highest BCUT2D eigenvalue weighted by Gasteiger charge is 2.21. The Morgan fingerprint density at radius 3 is 2.74 bits per heavy atom. The first-order chi connectivity index (χ1) is 11.2. The lowest BCUT2D eigenvalue weighted by Gasteiger charge is -2.10. The highest BCUT2D eigenvalue weighted by atomic mass is 16.7. The van der Waals surface area contributed by atoms with Gasteiger partial charge >= 0.3 is 0 Å². The maximum absolute atomic E-state index is 5.51. The van der Waals surface area contributed by atoms with Crippen LogP contribution in [0.4, 0.5) is 0 Å². The molecule has 0 spiro atoms. The summed E-state index contributed by atoms with van der Waals surface area (Å²) in [6.07, 6.45) is 0. The summed E-state index contributed by atoms with van der Waals surface area (Å²) in [6, 6.07) is 12.3. The number of rotatable bonds is 2. The van der Waals surface area contributed by atoms with Crippen LogP contribution in [0.3, 0.4) is 0 Å². The molecule has 0 N–H and O–H groups in total. The zero-order chi connectivity index (χ0) is 16.0. The molecule has 1 aliphatic heterocycles. The topological polar surface area (TPSA) is 40.6 Å². The normalized spacial score (nSPS) is 12.7. The van der Waals surface area contributed by atoms with Crippen LogP contribution in [0.25, 0.3) is 22.2 Å². The zero-order valence-electron chi connectivity index (χ0n) is 13.3. The molecular weight excluding hydrogens is 290 g/mol. The van der Waals surface area contributed by atoms with Crippen molar-refractivity contribution in [3.8, 4) is 28.5 Å². The van der Waals surface area contributed by atoms with E-state index in [4.69, 9.17) is 19.2 Å². The summed E-state index contributed by atoms with van der Waals surface area (Å²) >= 11 is 0. The molecular formula is C19H17NO3. The van der Waals surface area contributed by atoms with Gasteiger partial charge in [0, 0.05) is 10.9 Å². The van der Waals surface area contributed by atoms with Crippen molar-refractivity contribution in [1.82, 2.24) is 4.98 Å². The van der Waals surface area contributed by atoms with Gasteiger partial charge < -0.3 is 14.2 Å². The van der Waals surface area contributed by atoms with Gasteiger partial charge in [-0.25, -0.2) is 4.98 Å². The van der Waals surface area contributed by atoms with Crippen molar-refractivity contribution < 1.29 is 14.2 Å². The summed E-state index contributed by atoms with van der Waals surface area (Å²) in [5.41, 5.74) is 5.28. The van der Waals surface area contributed by atoms with E-state index in [1.54, 1.807) is 7.11 Å². The molecule has 4 nitrogen and oxygen atoms in total. The highest BCUT2D eigenvalue weighted by molar-refractivity contribution is 5.86. The van der Waals surface area contributed by atoms with Gasteiger partial charge in [-0.2, -0.15) is 0 Å². The van der Waals surface area contributed by atoms with Gasteiger partial charge in [-0.05, 0) is 49.7 Å². The van der Waals surface area contributed by atoms with E-state index in [0.29, 0.717) is 17.2 Å². The SMILES string of the molecule is COc1cc(-c2cc(C)c3cc(C)ccc3n2)cc2c1OCO2. The number of fused-ring (bicyclic) bond motifs is 2. The second kappa shape index (κ2) is 5.16. The number of hydrogen-bond donors (Lipinski definition) is 0.